The number of anilines is 1. The van der Waals surface area contributed by atoms with Crippen molar-refractivity contribution in [1.29, 1.82) is 0 Å². The molecule has 3 nitrogen and oxygen atoms in total. The molecule has 2 unspecified atom stereocenters. The second-order valence-corrected chi connectivity index (χ2v) is 7.52. The van der Waals surface area contributed by atoms with Crippen molar-refractivity contribution >= 4 is 17.3 Å². The number of hydrogen-bond acceptors (Lipinski definition) is 3. The molecule has 1 heterocycles. The molecule has 1 aliphatic rings. The molecule has 0 bridgehead atoms. The highest BCUT2D eigenvalue weighted by Gasteiger charge is 2.31. The minimum atomic E-state index is 0.0750. The van der Waals surface area contributed by atoms with E-state index in [1.165, 1.54) is 5.56 Å². The molecular weight excluding hydrogens is 284 g/mol. The Morgan fingerprint density at radius 1 is 1.38 bits per heavy atom. The zero-order chi connectivity index (χ0) is 15.6. The molecule has 1 aliphatic heterocycles. The smallest absolute Gasteiger partial charge is 0.0637 e. The fourth-order valence-electron chi connectivity index (χ4n) is 2.90. The highest BCUT2D eigenvalue weighted by Crippen LogP contribution is 2.33. The van der Waals surface area contributed by atoms with Gasteiger partial charge in [0, 0.05) is 29.3 Å². The summed E-state index contributed by atoms with van der Waals surface area (Å²) in [6.45, 7) is 10.7. The van der Waals surface area contributed by atoms with Gasteiger partial charge in [-0.1, -0.05) is 24.6 Å². The molecular formula is C17H27ClN2O. The summed E-state index contributed by atoms with van der Waals surface area (Å²) in [7, 11) is 0. The summed E-state index contributed by atoms with van der Waals surface area (Å²) >= 11 is 6.20. The molecule has 1 aromatic carbocycles. The largest absolute Gasteiger partial charge is 0.394 e. The van der Waals surface area contributed by atoms with Crippen LogP contribution in [-0.4, -0.2) is 29.8 Å². The fraction of sp³-hybridized carbons (Fsp3) is 0.647. The second kappa shape index (κ2) is 6.55. The zero-order valence-corrected chi connectivity index (χ0v) is 14.2. The fourth-order valence-corrected chi connectivity index (χ4v) is 3.07. The average Bonchev–Trinajstić information content (AvgIpc) is 2.77. The minimum absolute atomic E-state index is 0.0750. The molecule has 118 valence electrons. The van der Waals surface area contributed by atoms with Crippen LogP contribution in [0.3, 0.4) is 0 Å². The molecule has 21 heavy (non-hydrogen) atoms. The number of nitrogens with zero attached hydrogens (tertiary/aromatic N) is 1. The van der Waals surface area contributed by atoms with Crippen LogP contribution in [0.4, 0.5) is 5.69 Å². The van der Waals surface area contributed by atoms with Crippen LogP contribution < -0.4 is 10.2 Å². The first kappa shape index (κ1) is 16.6. The van der Waals surface area contributed by atoms with Gasteiger partial charge in [-0.2, -0.15) is 0 Å². The first-order valence-corrected chi connectivity index (χ1v) is 8.10. The molecule has 0 spiro atoms. The van der Waals surface area contributed by atoms with E-state index in [-0.39, 0.29) is 18.2 Å². The predicted octanol–water partition coefficient (Wildman–Crippen LogP) is 3.44. The lowest BCUT2D eigenvalue weighted by Crippen LogP contribution is -2.38. The molecule has 0 aromatic heterocycles. The molecule has 0 amide bonds. The Hall–Kier alpha value is -0.770. The summed E-state index contributed by atoms with van der Waals surface area (Å²) in [5.41, 5.74) is 2.47. The molecule has 1 fully saturated rings. The van der Waals surface area contributed by atoms with Crippen molar-refractivity contribution in [3.8, 4) is 0 Å². The third-order valence-electron chi connectivity index (χ3n) is 4.24. The standard InChI is InChI=1S/C17H27ClN2O/c1-12-7-8-20(16(12)11-21)15-9-14(18)6-5-13(15)10-19-17(2,3)4/h5-6,9,12,16,19,21H,7-8,10-11H2,1-4H3. The van der Waals surface area contributed by atoms with Gasteiger partial charge in [0.05, 0.1) is 12.6 Å². The Balaban J connectivity index is 2.27. The van der Waals surface area contributed by atoms with Gasteiger partial charge in [-0.05, 0) is 50.8 Å². The SMILES string of the molecule is CC1CCN(c2cc(Cl)ccc2CNC(C)(C)C)C1CO. The second-order valence-electron chi connectivity index (χ2n) is 7.09. The lowest BCUT2D eigenvalue weighted by atomic mass is 10.0. The van der Waals surface area contributed by atoms with Gasteiger partial charge >= 0.3 is 0 Å². The molecule has 1 aromatic rings. The summed E-state index contributed by atoms with van der Waals surface area (Å²) in [5.74, 6) is 0.511. The van der Waals surface area contributed by atoms with Crippen LogP contribution in [0.25, 0.3) is 0 Å². The van der Waals surface area contributed by atoms with Crippen molar-refractivity contribution < 1.29 is 5.11 Å². The van der Waals surface area contributed by atoms with E-state index < -0.39 is 0 Å². The molecule has 0 radical (unpaired) electrons. The molecule has 1 saturated heterocycles. The maximum absolute atomic E-state index is 9.70. The van der Waals surface area contributed by atoms with Gasteiger partial charge in [-0.15, -0.1) is 0 Å². The van der Waals surface area contributed by atoms with E-state index in [0.717, 1.165) is 30.2 Å². The predicted molar refractivity (Wildman–Crippen MR) is 90.0 cm³/mol. The van der Waals surface area contributed by atoms with Crippen molar-refractivity contribution in [2.24, 2.45) is 5.92 Å². The first-order valence-electron chi connectivity index (χ1n) is 7.73. The van der Waals surface area contributed by atoms with Gasteiger partial charge in [0.2, 0.25) is 0 Å². The lowest BCUT2D eigenvalue weighted by molar-refractivity contribution is 0.244. The number of nitrogens with one attached hydrogen (secondary N) is 1. The van der Waals surface area contributed by atoms with E-state index in [4.69, 9.17) is 11.6 Å². The maximum Gasteiger partial charge on any atom is 0.0637 e. The minimum Gasteiger partial charge on any atom is -0.394 e. The van der Waals surface area contributed by atoms with E-state index in [1.54, 1.807) is 0 Å². The number of rotatable bonds is 4. The number of halogens is 1. The Bertz CT molecular complexity index is 484. The summed E-state index contributed by atoms with van der Waals surface area (Å²) in [6.07, 6.45) is 1.11. The maximum atomic E-state index is 9.70. The van der Waals surface area contributed by atoms with Crippen LogP contribution in [0.1, 0.15) is 39.7 Å². The normalized spacial score (nSPS) is 22.9. The van der Waals surface area contributed by atoms with Crippen molar-refractivity contribution in [3.63, 3.8) is 0 Å². The van der Waals surface area contributed by atoms with Crippen LogP contribution in [0, 0.1) is 5.92 Å². The Kier molecular flexibility index (Phi) is 5.18. The van der Waals surface area contributed by atoms with Crippen molar-refractivity contribution in [2.45, 2.75) is 52.2 Å². The summed E-state index contributed by atoms with van der Waals surface area (Å²) < 4.78 is 0. The van der Waals surface area contributed by atoms with Crippen molar-refractivity contribution in [2.75, 3.05) is 18.1 Å². The highest BCUT2D eigenvalue weighted by molar-refractivity contribution is 6.30. The van der Waals surface area contributed by atoms with Gasteiger partial charge in [-0.25, -0.2) is 0 Å². The van der Waals surface area contributed by atoms with Crippen LogP contribution in [0.5, 0.6) is 0 Å². The monoisotopic (exact) mass is 310 g/mol. The van der Waals surface area contributed by atoms with E-state index in [1.807, 2.05) is 12.1 Å². The highest BCUT2D eigenvalue weighted by atomic mass is 35.5. The number of benzene rings is 1. The summed E-state index contributed by atoms with van der Waals surface area (Å²) in [5, 5.41) is 14.0. The van der Waals surface area contributed by atoms with E-state index >= 15 is 0 Å². The number of aliphatic hydroxyl groups is 1. The van der Waals surface area contributed by atoms with Gasteiger partial charge in [0.25, 0.3) is 0 Å². The lowest BCUT2D eigenvalue weighted by Gasteiger charge is -2.30. The van der Waals surface area contributed by atoms with Crippen LogP contribution in [0.2, 0.25) is 5.02 Å². The number of hydrogen-bond donors (Lipinski definition) is 2. The summed E-state index contributed by atoms with van der Waals surface area (Å²) in [4.78, 5) is 2.32. The molecule has 2 atom stereocenters. The van der Waals surface area contributed by atoms with Crippen molar-refractivity contribution in [1.82, 2.24) is 5.32 Å². The quantitative estimate of drug-likeness (QED) is 0.894. The van der Waals surface area contributed by atoms with Gasteiger partial charge in [-0.3, -0.25) is 0 Å². The Labute approximate surface area is 133 Å². The summed E-state index contributed by atoms with van der Waals surface area (Å²) in [6, 6.07) is 6.25. The van der Waals surface area contributed by atoms with Gasteiger partial charge in [0.15, 0.2) is 0 Å². The zero-order valence-electron chi connectivity index (χ0n) is 13.5. The molecule has 0 aliphatic carbocycles. The van der Waals surface area contributed by atoms with Crippen molar-refractivity contribution in [3.05, 3.63) is 28.8 Å². The molecule has 0 saturated carbocycles. The number of aliphatic hydroxyl groups excluding tert-OH is 1. The molecule has 2 rings (SSSR count). The molecule has 4 heteroatoms. The van der Waals surface area contributed by atoms with Crippen LogP contribution >= 0.6 is 11.6 Å². The van der Waals surface area contributed by atoms with Gasteiger partial charge in [0.1, 0.15) is 0 Å². The van der Waals surface area contributed by atoms with Gasteiger partial charge < -0.3 is 15.3 Å². The topological polar surface area (TPSA) is 35.5 Å². The average molecular weight is 311 g/mol. The van der Waals surface area contributed by atoms with Crippen LogP contribution in [0.15, 0.2) is 18.2 Å². The van der Waals surface area contributed by atoms with E-state index in [2.05, 4.69) is 44.0 Å². The third kappa shape index (κ3) is 4.12. The van der Waals surface area contributed by atoms with E-state index in [0.29, 0.717) is 5.92 Å². The first-order chi connectivity index (χ1) is 9.81. The Morgan fingerprint density at radius 2 is 2.10 bits per heavy atom. The van der Waals surface area contributed by atoms with E-state index in [9.17, 15) is 5.11 Å². The third-order valence-corrected chi connectivity index (χ3v) is 4.47. The van der Waals surface area contributed by atoms with Crippen LogP contribution in [-0.2, 0) is 6.54 Å². The molecule has 2 N–H and O–H groups in total. The Morgan fingerprint density at radius 3 is 2.71 bits per heavy atom.